The molecule has 0 radical (unpaired) electrons. The Morgan fingerprint density at radius 3 is 2.61 bits per heavy atom. The van der Waals surface area contributed by atoms with Gasteiger partial charge < -0.3 is 10.2 Å². The molecule has 4 nitrogen and oxygen atoms in total. The second-order valence-corrected chi connectivity index (χ2v) is 8.42. The molecule has 2 atom stereocenters. The van der Waals surface area contributed by atoms with Gasteiger partial charge in [-0.25, -0.2) is 0 Å². The lowest BCUT2D eigenvalue weighted by Gasteiger charge is -2.20. The van der Waals surface area contributed by atoms with Gasteiger partial charge in [-0.1, -0.05) is 41.9 Å². The first-order valence-corrected chi connectivity index (χ1v) is 10.3. The van der Waals surface area contributed by atoms with Crippen molar-refractivity contribution in [3.8, 4) is 0 Å². The molecule has 2 amide bonds. The first-order valence-electron chi connectivity index (χ1n) is 9.91. The summed E-state index contributed by atoms with van der Waals surface area (Å²) >= 11 is 6.06. The Hall–Kier alpha value is -2.33. The second-order valence-electron chi connectivity index (χ2n) is 7.98. The molecule has 0 spiro atoms. The van der Waals surface area contributed by atoms with E-state index in [4.69, 9.17) is 11.6 Å². The zero-order valence-corrected chi connectivity index (χ0v) is 16.8. The predicted octanol–water partition coefficient (Wildman–Crippen LogP) is 4.03. The van der Waals surface area contributed by atoms with E-state index < -0.39 is 0 Å². The maximum Gasteiger partial charge on any atom is 0.253 e. The minimum absolute atomic E-state index is 0.00328. The molecule has 5 heteroatoms. The van der Waals surface area contributed by atoms with Crippen LogP contribution in [0.5, 0.6) is 0 Å². The number of benzene rings is 2. The molecule has 2 unspecified atom stereocenters. The molecule has 1 aliphatic heterocycles. The zero-order valence-electron chi connectivity index (χ0n) is 16.0. The SMILES string of the molecule is Cc1ccccc1C1CN(C(=O)c2cccc(Cl)c2)CC1C(=O)NCC1CC1. The molecule has 2 aromatic carbocycles. The number of hydrogen-bond donors (Lipinski definition) is 1. The van der Waals surface area contributed by atoms with E-state index in [1.165, 1.54) is 12.8 Å². The Morgan fingerprint density at radius 1 is 1.11 bits per heavy atom. The summed E-state index contributed by atoms with van der Waals surface area (Å²) in [6.07, 6.45) is 2.40. The summed E-state index contributed by atoms with van der Waals surface area (Å²) in [4.78, 5) is 27.8. The van der Waals surface area contributed by atoms with Gasteiger partial charge >= 0.3 is 0 Å². The molecule has 2 aromatic rings. The van der Waals surface area contributed by atoms with Crippen molar-refractivity contribution in [2.24, 2.45) is 11.8 Å². The van der Waals surface area contributed by atoms with Crippen molar-refractivity contribution in [1.29, 1.82) is 0 Å². The molecule has 2 fully saturated rings. The van der Waals surface area contributed by atoms with E-state index in [-0.39, 0.29) is 23.7 Å². The van der Waals surface area contributed by atoms with Gasteiger partial charge in [0, 0.05) is 36.1 Å². The van der Waals surface area contributed by atoms with E-state index in [2.05, 4.69) is 24.4 Å². The van der Waals surface area contributed by atoms with Gasteiger partial charge in [0.15, 0.2) is 0 Å². The second kappa shape index (κ2) is 7.96. The van der Waals surface area contributed by atoms with Gasteiger partial charge in [0.2, 0.25) is 5.91 Å². The van der Waals surface area contributed by atoms with Crippen LogP contribution in [0.15, 0.2) is 48.5 Å². The van der Waals surface area contributed by atoms with E-state index in [1.54, 1.807) is 29.2 Å². The van der Waals surface area contributed by atoms with Gasteiger partial charge in [0.25, 0.3) is 5.91 Å². The highest BCUT2D eigenvalue weighted by Gasteiger charge is 2.41. The molecule has 1 heterocycles. The summed E-state index contributed by atoms with van der Waals surface area (Å²) in [7, 11) is 0. The smallest absolute Gasteiger partial charge is 0.253 e. The fourth-order valence-electron chi connectivity index (χ4n) is 4.06. The summed E-state index contributed by atoms with van der Waals surface area (Å²) in [6, 6.07) is 15.2. The average molecular weight is 397 g/mol. The third-order valence-electron chi connectivity index (χ3n) is 5.87. The molecule has 1 aliphatic carbocycles. The molecule has 28 heavy (non-hydrogen) atoms. The quantitative estimate of drug-likeness (QED) is 0.829. The summed E-state index contributed by atoms with van der Waals surface area (Å²) in [5.41, 5.74) is 2.87. The lowest BCUT2D eigenvalue weighted by atomic mass is 9.86. The lowest BCUT2D eigenvalue weighted by molar-refractivity contribution is -0.125. The first kappa shape index (κ1) is 19.0. The van der Waals surface area contributed by atoms with Gasteiger partial charge in [-0.05, 0) is 55.0 Å². The van der Waals surface area contributed by atoms with Crippen molar-refractivity contribution in [2.75, 3.05) is 19.6 Å². The van der Waals surface area contributed by atoms with Gasteiger partial charge in [-0.2, -0.15) is 0 Å². The average Bonchev–Trinajstić information content (AvgIpc) is 3.42. The standard InChI is InChI=1S/C23H25ClN2O2/c1-15-5-2-3-8-19(15)20-13-26(23(28)17-6-4-7-18(24)11-17)14-21(20)22(27)25-12-16-9-10-16/h2-8,11,16,20-21H,9-10,12-14H2,1H3,(H,25,27). The van der Waals surface area contributed by atoms with Crippen molar-refractivity contribution in [1.82, 2.24) is 10.2 Å². The minimum Gasteiger partial charge on any atom is -0.356 e. The van der Waals surface area contributed by atoms with Crippen LogP contribution >= 0.6 is 11.6 Å². The van der Waals surface area contributed by atoms with Crippen LogP contribution in [0.25, 0.3) is 0 Å². The van der Waals surface area contributed by atoms with Crippen LogP contribution in [0.1, 0.15) is 40.2 Å². The molecular weight excluding hydrogens is 372 g/mol. The molecule has 2 aliphatic rings. The topological polar surface area (TPSA) is 49.4 Å². The number of rotatable bonds is 5. The summed E-state index contributed by atoms with van der Waals surface area (Å²) in [5, 5.41) is 3.66. The normalized spacial score (nSPS) is 21.6. The van der Waals surface area contributed by atoms with E-state index in [0.717, 1.165) is 17.7 Å². The van der Waals surface area contributed by atoms with E-state index in [0.29, 0.717) is 29.6 Å². The fraction of sp³-hybridized carbons (Fsp3) is 0.391. The number of nitrogens with zero attached hydrogens (tertiary/aromatic N) is 1. The molecule has 4 rings (SSSR count). The zero-order chi connectivity index (χ0) is 19.7. The van der Waals surface area contributed by atoms with E-state index in [1.807, 2.05) is 12.1 Å². The van der Waals surface area contributed by atoms with Crippen LogP contribution in [0.4, 0.5) is 0 Å². The van der Waals surface area contributed by atoms with Crippen LogP contribution in [0, 0.1) is 18.8 Å². The van der Waals surface area contributed by atoms with Gasteiger partial charge in [0.05, 0.1) is 5.92 Å². The van der Waals surface area contributed by atoms with Crippen LogP contribution in [0.3, 0.4) is 0 Å². The summed E-state index contributed by atoms with van der Waals surface area (Å²) in [6.45, 7) is 3.78. The monoisotopic (exact) mass is 396 g/mol. The molecule has 1 saturated carbocycles. The highest BCUT2D eigenvalue weighted by Crippen LogP contribution is 2.36. The van der Waals surface area contributed by atoms with Gasteiger partial charge in [-0.15, -0.1) is 0 Å². The minimum atomic E-state index is -0.233. The number of carbonyl (C=O) groups is 2. The van der Waals surface area contributed by atoms with Crippen molar-refractivity contribution in [3.05, 3.63) is 70.2 Å². The van der Waals surface area contributed by atoms with Crippen molar-refractivity contribution in [2.45, 2.75) is 25.7 Å². The molecule has 0 aromatic heterocycles. The van der Waals surface area contributed by atoms with Gasteiger partial charge in [0.1, 0.15) is 0 Å². The number of halogens is 1. The molecule has 1 N–H and O–H groups in total. The molecule has 146 valence electrons. The Bertz CT molecular complexity index is 894. The predicted molar refractivity (Wildman–Crippen MR) is 110 cm³/mol. The number of carbonyl (C=O) groups excluding carboxylic acids is 2. The maximum absolute atomic E-state index is 13.0. The Balaban J connectivity index is 1.57. The Morgan fingerprint density at radius 2 is 1.89 bits per heavy atom. The number of aryl methyl sites for hydroxylation is 1. The summed E-state index contributed by atoms with van der Waals surface area (Å²) in [5.74, 6) is 0.387. The van der Waals surface area contributed by atoms with Crippen LogP contribution in [-0.4, -0.2) is 36.3 Å². The van der Waals surface area contributed by atoms with Crippen LogP contribution in [-0.2, 0) is 4.79 Å². The first-order chi connectivity index (χ1) is 13.5. The lowest BCUT2D eigenvalue weighted by Crippen LogP contribution is -2.36. The third-order valence-corrected chi connectivity index (χ3v) is 6.10. The van der Waals surface area contributed by atoms with Crippen LogP contribution in [0.2, 0.25) is 5.02 Å². The fourth-order valence-corrected chi connectivity index (χ4v) is 4.25. The largest absolute Gasteiger partial charge is 0.356 e. The van der Waals surface area contributed by atoms with Crippen molar-refractivity contribution < 1.29 is 9.59 Å². The van der Waals surface area contributed by atoms with Crippen LogP contribution < -0.4 is 5.32 Å². The maximum atomic E-state index is 13.0. The van der Waals surface area contributed by atoms with Crippen molar-refractivity contribution in [3.63, 3.8) is 0 Å². The molecule has 0 bridgehead atoms. The number of likely N-dealkylation sites (tertiary alicyclic amines) is 1. The number of nitrogens with one attached hydrogen (secondary N) is 1. The van der Waals surface area contributed by atoms with Crippen molar-refractivity contribution >= 4 is 23.4 Å². The summed E-state index contributed by atoms with van der Waals surface area (Å²) < 4.78 is 0. The van der Waals surface area contributed by atoms with Gasteiger partial charge in [-0.3, -0.25) is 9.59 Å². The van der Waals surface area contributed by atoms with E-state index >= 15 is 0 Å². The third kappa shape index (κ3) is 4.07. The Labute approximate surface area is 170 Å². The number of hydrogen-bond acceptors (Lipinski definition) is 2. The Kier molecular flexibility index (Phi) is 5.40. The highest BCUT2D eigenvalue weighted by molar-refractivity contribution is 6.30. The number of amides is 2. The highest BCUT2D eigenvalue weighted by atomic mass is 35.5. The van der Waals surface area contributed by atoms with E-state index in [9.17, 15) is 9.59 Å². The molecular formula is C23H25ClN2O2. The molecule has 1 saturated heterocycles.